The SMILES string of the molecule is N#Cc1ccc2c(-c3nc(NC4CCCC(N)C4)ncc3C(F)(F)F)c[nH]c2c1P1(=O)CCCC1. The van der Waals surface area contributed by atoms with Crippen LogP contribution < -0.4 is 16.4 Å². The van der Waals surface area contributed by atoms with E-state index in [0.29, 0.717) is 40.5 Å². The van der Waals surface area contributed by atoms with Gasteiger partial charge in [0, 0.05) is 47.8 Å². The van der Waals surface area contributed by atoms with E-state index in [1.165, 1.54) is 6.20 Å². The Balaban J connectivity index is 1.64. The van der Waals surface area contributed by atoms with Gasteiger partial charge in [0.05, 0.1) is 28.1 Å². The number of nitrogens with two attached hydrogens (primary N) is 1. The summed E-state index contributed by atoms with van der Waals surface area (Å²) in [5.74, 6) is 0.110. The Morgan fingerprint density at radius 1 is 1.20 bits per heavy atom. The third-order valence-corrected chi connectivity index (χ3v) is 10.4. The number of nitrogens with one attached hydrogen (secondary N) is 2. The average Bonchev–Trinajstić information content (AvgIpc) is 3.44. The van der Waals surface area contributed by atoms with E-state index in [2.05, 4.69) is 26.3 Å². The Morgan fingerprint density at radius 2 is 1.97 bits per heavy atom. The van der Waals surface area contributed by atoms with E-state index in [4.69, 9.17) is 5.73 Å². The van der Waals surface area contributed by atoms with Gasteiger partial charge in [0.1, 0.15) is 12.7 Å². The quantitative estimate of drug-likeness (QED) is 0.433. The molecule has 11 heteroatoms. The monoisotopic (exact) mass is 502 g/mol. The number of alkyl halides is 3. The molecule has 2 aliphatic rings. The van der Waals surface area contributed by atoms with Crippen molar-refractivity contribution < 1.29 is 17.7 Å². The second-order valence-corrected chi connectivity index (χ2v) is 12.6. The Hall–Kier alpha value is -2.89. The number of benzene rings is 1. The highest BCUT2D eigenvalue weighted by Crippen LogP contribution is 2.53. The fraction of sp³-hybridized carbons (Fsp3) is 0.458. The zero-order valence-corrected chi connectivity index (χ0v) is 19.9. The predicted molar refractivity (Wildman–Crippen MR) is 129 cm³/mol. The van der Waals surface area contributed by atoms with Crippen LogP contribution in [-0.2, 0) is 10.7 Å². The summed E-state index contributed by atoms with van der Waals surface area (Å²) >= 11 is 0. The number of rotatable bonds is 4. The van der Waals surface area contributed by atoms with Gasteiger partial charge in [-0.25, -0.2) is 9.97 Å². The lowest BCUT2D eigenvalue weighted by Crippen LogP contribution is -2.35. The van der Waals surface area contributed by atoms with Gasteiger partial charge < -0.3 is 20.6 Å². The van der Waals surface area contributed by atoms with Gasteiger partial charge in [-0.2, -0.15) is 18.4 Å². The summed E-state index contributed by atoms with van der Waals surface area (Å²) in [6.45, 7) is 0. The number of hydrogen-bond donors (Lipinski definition) is 3. The zero-order chi connectivity index (χ0) is 24.8. The summed E-state index contributed by atoms with van der Waals surface area (Å²) < 4.78 is 55.6. The summed E-state index contributed by atoms with van der Waals surface area (Å²) in [4.78, 5) is 11.3. The van der Waals surface area contributed by atoms with E-state index in [9.17, 15) is 23.0 Å². The van der Waals surface area contributed by atoms with Gasteiger partial charge in [0.2, 0.25) is 5.95 Å². The van der Waals surface area contributed by atoms with Gasteiger partial charge in [-0.1, -0.05) is 6.07 Å². The minimum Gasteiger partial charge on any atom is -0.360 e. The van der Waals surface area contributed by atoms with Gasteiger partial charge in [0.15, 0.2) is 0 Å². The molecule has 35 heavy (non-hydrogen) atoms. The first-order valence-corrected chi connectivity index (χ1v) is 13.9. The lowest BCUT2D eigenvalue weighted by atomic mass is 9.92. The van der Waals surface area contributed by atoms with Crippen LogP contribution in [0.4, 0.5) is 19.1 Å². The molecule has 1 saturated carbocycles. The van der Waals surface area contributed by atoms with Crippen LogP contribution in [0.25, 0.3) is 22.2 Å². The molecule has 7 nitrogen and oxygen atoms in total. The molecule has 2 atom stereocenters. The van der Waals surface area contributed by atoms with E-state index in [-0.39, 0.29) is 29.3 Å². The van der Waals surface area contributed by atoms with Crippen molar-refractivity contribution in [3.05, 3.63) is 35.7 Å². The number of anilines is 1. The van der Waals surface area contributed by atoms with Crippen molar-refractivity contribution in [2.24, 2.45) is 5.73 Å². The number of hydrogen-bond acceptors (Lipinski definition) is 6. The molecular formula is C24H26F3N6OP. The summed E-state index contributed by atoms with van der Waals surface area (Å²) in [6.07, 6.45) is 3.57. The molecule has 1 saturated heterocycles. The largest absolute Gasteiger partial charge is 0.419 e. The molecule has 1 aromatic carbocycles. The second kappa shape index (κ2) is 8.96. The van der Waals surface area contributed by atoms with Crippen LogP contribution in [0, 0.1) is 11.3 Å². The smallest absolute Gasteiger partial charge is 0.360 e. The van der Waals surface area contributed by atoms with Crippen molar-refractivity contribution in [1.82, 2.24) is 15.0 Å². The maximum absolute atomic E-state index is 14.0. The Labute approximate surface area is 200 Å². The first-order chi connectivity index (χ1) is 16.7. The van der Waals surface area contributed by atoms with E-state index < -0.39 is 18.9 Å². The van der Waals surface area contributed by atoms with E-state index in [0.717, 1.165) is 38.3 Å². The summed E-state index contributed by atoms with van der Waals surface area (Å²) in [6, 6.07) is 5.28. The van der Waals surface area contributed by atoms with Gasteiger partial charge >= 0.3 is 6.18 Å². The fourth-order valence-electron chi connectivity index (χ4n) is 5.37. The lowest BCUT2D eigenvalue weighted by molar-refractivity contribution is -0.137. The van der Waals surface area contributed by atoms with Gasteiger partial charge in [-0.05, 0) is 44.6 Å². The molecule has 3 heterocycles. The summed E-state index contributed by atoms with van der Waals surface area (Å²) in [5, 5.41) is 13.7. The highest BCUT2D eigenvalue weighted by molar-refractivity contribution is 7.72. The molecule has 2 fully saturated rings. The molecule has 2 unspecified atom stereocenters. The van der Waals surface area contributed by atoms with Crippen LogP contribution in [0.5, 0.6) is 0 Å². The number of nitriles is 1. The number of nitrogens with zero attached hydrogens (tertiary/aromatic N) is 3. The molecule has 1 aliphatic carbocycles. The van der Waals surface area contributed by atoms with Crippen LogP contribution >= 0.6 is 7.14 Å². The molecule has 2 aromatic heterocycles. The Kier molecular flexibility index (Phi) is 6.10. The van der Waals surface area contributed by atoms with Crippen LogP contribution in [0.3, 0.4) is 0 Å². The van der Waals surface area contributed by atoms with Gasteiger partial charge in [0.25, 0.3) is 0 Å². The van der Waals surface area contributed by atoms with Crippen molar-refractivity contribution in [2.75, 3.05) is 17.6 Å². The standard InChI is InChI=1S/C24H26F3N6OP/c25-24(26,27)19-13-31-23(32-16-5-3-4-15(29)10-16)33-20(19)18-12-30-21-17(18)7-6-14(11-28)22(21)35(34)8-1-2-9-35/h6-7,12-13,15-16,30H,1-5,8-10,29H2,(H,31,32,33). The highest BCUT2D eigenvalue weighted by Gasteiger charge is 2.38. The van der Waals surface area contributed by atoms with Crippen LogP contribution in [0.15, 0.2) is 24.5 Å². The maximum atomic E-state index is 14.0. The van der Waals surface area contributed by atoms with Crippen molar-refractivity contribution in [1.29, 1.82) is 5.26 Å². The van der Waals surface area contributed by atoms with Crippen LogP contribution in [0.1, 0.15) is 49.7 Å². The van der Waals surface area contributed by atoms with Crippen molar-refractivity contribution in [2.45, 2.75) is 56.8 Å². The van der Waals surface area contributed by atoms with E-state index in [1.807, 2.05) is 0 Å². The average molecular weight is 502 g/mol. The first-order valence-electron chi connectivity index (χ1n) is 11.8. The molecule has 0 bridgehead atoms. The number of aromatic nitrogens is 3. The van der Waals surface area contributed by atoms with Crippen LogP contribution in [0.2, 0.25) is 0 Å². The predicted octanol–water partition coefficient (Wildman–Crippen LogP) is 4.98. The minimum absolute atomic E-state index is 0.0106. The first kappa shape index (κ1) is 23.8. The fourth-order valence-corrected chi connectivity index (χ4v) is 8.66. The molecule has 3 aromatic rings. The molecule has 0 spiro atoms. The number of aromatic amines is 1. The lowest BCUT2D eigenvalue weighted by Gasteiger charge is -2.27. The van der Waals surface area contributed by atoms with E-state index in [1.54, 1.807) is 12.1 Å². The van der Waals surface area contributed by atoms with Crippen molar-refractivity contribution >= 4 is 29.3 Å². The van der Waals surface area contributed by atoms with Crippen molar-refractivity contribution in [3.63, 3.8) is 0 Å². The second-order valence-electron chi connectivity index (χ2n) is 9.46. The molecule has 4 N–H and O–H groups in total. The van der Waals surface area contributed by atoms with Crippen molar-refractivity contribution in [3.8, 4) is 17.3 Å². The summed E-state index contributed by atoms with van der Waals surface area (Å²) in [7, 11) is -2.82. The topological polar surface area (TPSA) is 120 Å². The number of H-pyrrole nitrogens is 1. The minimum atomic E-state index is -4.67. The van der Waals surface area contributed by atoms with Crippen LogP contribution in [-0.4, -0.2) is 39.4 Å². The zero-order valence-electron chi connectivity index (χ0n) is 19.0. The molecule has 0 radical (unpaired) electrons. The van der Waals surface area contributed by atoms with Gasteiger partial charge in [-0.15, -0.1) is 0 Å². The molecule has 184 valence electrons. The third-order valence-electron chi connectivity index (χ3n) is 7.04. The molecule has 5 rings (SSSR count). The molecular weight excluding hydrogens is 476 g/mol. The summed E-state index contributed by atoms with van der Waals surface area (Å²) in [5.41, 5.74) is 5.81. The third kappa shape index (κ3) is 4.43. The van der Waals surface area contributed by atoms with Gasteiger partial charge in [-0.3, -0.25) is 0 Å². The molecule has 1 aliphatic heterocycles. The number of halogens is 3. The Bertz CT molecular complexity index is 1350. The molecule has 0 amide bonds. The normalized spacial score (nSPS) is 22.3. The number of fused-ring (bicyclic) bond motifs is 1. The highest BCUT2D eigenvalue weighted by atomic mass is 31.2. The maximum Gasteiger partial charge on any atom is 0.419 e. The van der Waals surface area contributed by atoms with E-state index >= 15 is 0 Å². The Morgan fingerprint density at radius 3 is 2.66 bits per heavy atom.